The lowest BCUT2D eigenvalue weighted by Crippen LogP contribution is -2.42. The molecule has 0 amide bonds. The van der Waals surface area contributed by atoms with Gasteiger partial charge in [0, 0.05) is 0 Å². The minimum Gasteiger partial charge on any atom is -0.480 e. The van der Waals surface area contributed by atoms with Gasteiger partial charge < -0.3 is 5.11 Å². The Labute approximate surface area is 129 Å². The first kappa shape index (κ1) is 16.2. The van der Waals surface area contributed by atoms with Crippen LogP contribution in [0.5, 0.6) is 0 Å². The Hall–Kier alpha value is -2.18. The zero-order valence-electron chi connectivity index (χ0n) is 11.8. The van der Waals surface area contributed by atoms with Gasteiger partial charge in [-0.15, -0.1) is 0 Å². The lowest BCUT2D eigenvalue weighted by Gasteiger charge is -2.15. The third-order valence-corrected chi connectivity index (χ3v) is 4.60. The normalized spacial score (nSPS) is 12.8. The van der Waals surface area contributed by atoms with Gasteiger partial charge in [-0.25, -0.2) is 8.42 Å². The molecule has 0 fully saturated rings. The first-order chi connectivity index (χ1) is 10.4. The largest absolute Gasteiger partial charge is 0.480 e. The summed E-state index contributed by atoms with van der Waals surface area (Å²) >= 11 is 0. The van der Waals surface area contributed by atoms with Crippen molar-refractivity contribution in [3.8, 4) is 0 Å². The van der Waals surface area contributed by atoms with E-state index in [0.29, 0.717) is 5.56 Å². The van der Waals surface area contributed by atoms with Crippen molar-refractivity contribution in [2.75, 3.05) is 0 Å². The quantitative estimate of drug-likeness (QED) is 0.851. The minimum atomic E-state index is -3.90. The highest BCUT2D eigenvalue weighted by Crippen LogP contribution is 2.12. The highest BCUT2D eigenvalue weighted by molar-refractivity contribution is 7.89. The van der Waals surface area contributed by atoms with Crippen LogP contribution < -0.4 is 4.72 Å². The molecule has 5 nitrogen and oxygen atoms in total. The summed E-state index contributed by atoms with van der Waals surface area (Å²) < 4.78 is 26.7. The van der Waals surface area contributed by atoms with Crippen LogP contribution in [0.2, 0.25) is 0 Å². The summed E-state index contributed by atoms with van der Waals surface area (Å²) in [4.78, 5) is 11.3. The molecule has 0 aliphatic carbocycles. The average Bonchev–Trinajstić information content (AvgIpc) is 2.48. The molecule has 0 aromatic heterocycles. The minimum absolute atomic E-state index is 0.0132. The van der Waals surface area contributed by atoms with E-state index in [-0.39, 0.29) is 11.3 Å². The summed E-state index contributed by atoms with van der Waals surface area (Å²) in [6, 6.07) is 13.5. The van der Waals surface area contributed by atoms with Crippen molar-refractivity contribution < 1.29 is 18.3 Å². The van der Waals surface area contributed by atoms with Gasteiger partial charge in [-0.05, 0) is 36.6 Å². The maximum atomic E-state index is 12.3. The topological polar surface area (TPSA) is 83.5 Å². The van der Waals surface area contributed by atoms with Crippen LogP contribution in [0.3, 0.4) is 0 Å². The van der Waals surface area contributed by atoms with Crippen LogP contribution in [0.4, 0.5) is 0 Å². The molecule has 1 unspecified atom stereocenters. The van der Waals surface area contributed by atoms with Crippen LogP contribution >= 0.6 is 0 Å². The second-order valence-electron chi connectivity index (χ2n) is 4.85. The monoisotopic (exact) mass is 318 g/mol. The Morgan fingerprint density at radius 2 is 1.68 bits per heavy atom. The zero-order valence-corrected chi connectivity index (χ0v) is 12.6. The SMILES string of the molecule is [CH2]c1ccc(S(=O)(=O)NC(Cc2ccccc2)C(=O)O)cc1. The maximum absolute atomic E-state index is 12.3. The Morgan fingerprint density at radius 3 is 2.23 bits per heavy atom. The number of hydrogen-bond acceptors (Lipinski definition) is 3. The summed E-state index contributed by atoms with van der Waals surface area (Å²) in [7, 11) is -3.90. The van der Waals surface area contributed by atoms with Gasteiger partial charge in [0.05, 0.1) is 4.90 Å². The van der Waals surface area contributed by atoms with Gasteiger partial charge >= 0.3 is 5.97 Å². The zero-order chi connectivity index (χ0) is 16.2. The van der Waals surface area contributed by atoms with E-state index in [4.69, 9.17) is 0 Å². The Kier molecular flexibility index (Phi) is 4.95. The van der Waals surface area contributed by atoms with Gasteiger partial charge in [-0.3, -0.25) is 4.79 Å². The van der Waals surface area contributed by atoms with Gasteiger partial charge in [0.15, 0.2) is 0 Å². The number of benzene rings is 2. The molecule has 0 aliphatic heterocycles. The van der Waals surface area contributed by atoms with Crippen LogP contribution in [0, 0.1) is 6.92 Å². The van der Waals surface area contributed by atoms with Gasteiger partial charge in [0.25, 0.3) is 0 Å². The fourth-order valence-corrected chi connectivity index (χ4v) is 3.14. The fourth-order valence-electron chi connectivity index (χ4n) is 1.95. The second kappa shape index (κ2) is 6.72. The molecule has 6 heteroatoms. The number of hydrogen-bond donors (Lipinski definition) is 2. The molecule has 1 atom stereocenters. The van der Waals surface area contributed by atoms with E-state index in [1.807, 2.05) is 6.07 Å². The van der Waals surface area contributed by atoms with Crippen molar-refractivity contribution in [3.63, 3.8) is 0 Å². The summed E-state index contributed by atoms with van der Waals surface area (Å²) in [5.41, 5.74) is 1.42. The van der Waals surface area contributed by atoms with Crippen LogP contribution in [0.25, 0.3) is 0 Å². The molecule has 0 spiro atoms. The molecule has 2 rings (SSSR count). The first-order valence-electron chi connectivity index (χ1n) is 6.59. The highest BCUT2D eigenvalue weighted by Gasteiger charge is 2.25. The number of carbonyl (C=O) groups is 1. The Bertz CT molecular complexity index is 739. The summed E-state index contributed by atoms with van der Waals surface area (Å²) in [6.07, 6.45) is 0.0722. The van der Waals surface area contributed by atoms with Gasteiger partial charge in [-0.2, -0.15) is 4.72 Å². The molecule has 1 radical (unpaired) electrons. The number of carboxylic acid groups (broad SMARTS) is 1. The Morgan fingerprint density at radius 1 is 1.09 bits per heavy atom. The van der Waals surface area contributed by atoms with E-state index in [1.54, 1.807) is 36.4 Å². The van der Waals surface area contributed by atoms with Crippen LogP contribution in [0.1, 0.15) is 11.1 Å². The van der Waals surface area contributed by atoms with Crippen LogP contribution in [-0.2, 0) is 21.2 Å². The van der Waals surface area contributed by atoms with Crippen LogP contribution in [-0.4, -0.2) is 25.5 Å². The van der Waals surface area contributed by atoms with E-state index in [2.05, 4.69) is 11.6 Å². The third kappa shape index (κ3) is 4.16. The van der Waals surface area contributed by atoms with Gasteiger partial charge in [0.2, 0.25) is 10.0 Å². The molecule has 115 valence electrons. The Balaban J connectivity index is 2.20. The molecule has 0 aliphatic rings. The van der Waals surface area contributed by atoms with E-state index >= 15 is 0 Å². The van der Waals surface area contributed by atoms with Crippen molar-refractivity contribution in [1.29, 1.82) is 0 Å². The predicted molar refractivity (Wildman–Crippen MR) is 82.8 cm³/mol. The second-order valence-corrected chi connectivity index (χ2v) is 6.56. The highest BCUT2D eigenvalue weighted by atomic mass is 32.2. The maximum Gasteiger partial charge on any atom is 0.322 e. The molecule has 2 aromatic rings. The van der Waals surface area contributed by atoms with E-state index in [1.165, 1.54) is 12.1 Å². The predicted octanol–water partition coefficient (Wildman–Crippen LogP) is 1.84. The van der Waals surface area contributed by atoms with E-state index < -0.39 is 22.0 Å². The molecule has 0 saturated heterocycles. The lowest BCUT2D eigenvalue weighted by atomic mass is 10.1. The lowest BCUT2D eigenvalue weighted by molar-refractivity contribution is -0.138. The molecular weight excluding hydrogens is 302 g/mol. The van der Waals surface area contributed by atoms with Crippen LogP contribution in [0.15, 0.2) is 59.5 Å². The van der Waals surface area contributed by atoms with Gasteiger partial charge in [0.1, 0.15) is 6.04 Å². The standard InChI is InChI=1S/C16H16NO4S/c1-12-7-9-14(10-8-12)22(20,21)17-15(16(18)19)11-13-5-3-2-4-6-13/h2-10,15,17H,1,11H2,(H,18,19). The average molecular weight is 318 g/mol. The summed E-state index contributed by atoms with van der Waals surface area (Å²) in [6.45, 7) is 3.68. The number of sulfonamides is 1. The first-order valence-corrected chi connectivity index (χ1v) is 8.08. The molecule has 2 aromatic carbocycles. The molecule has 22 heavy (non-hydrogen) atoms. The summed E-state index contributed by atoms with van der Waals surface area (Å²) in [5.74, 6) is -1.22. The van der Waals surface area contributed by atoms with E-state index in [0.717, 1.165) is 5.56 Å². The molecule has 2 N–H and O–H groups in total. The fraction of sp³-hybridized carbons (Fsp3) is 0.125. The number of carboxylic acids is 1. The smallest absolute Gasteiger partial charge is 0.322 e. The van der Waals surface area contributed by atoms with Gasteiger partial charge in [-0.1, -0.05) is 42.5 Å². The molecule has 0 bridgehead atoms. The van der Waals surface area contributed by atoms with Crippen molar-refractivity contribution in [1.82, 2.24) is 4.72 Å². The molecule has 0 heterocycles. The number of aliphatic carboxylic acids is 1. The summed E-state index contributed by atoms with van der Waals surface area (Å²) in [5, 5.41) is 9.25. The van der Waals surface area contributed by atoms with Crippen molar-refractivity contribution in [2.45, 2.75) is 17.4 Å². The molecular formula is C16H16NO4S. The van der Waals surface area contributed by atoms with Crippen molar-refractivity contribution >= 4 is 16.0 Å². The third-order valence-electron chi connectivity index (χ3n) is 3.11. The number of rotatable bonds is 6. The van der Waals surface area contributed by atoms with E-state index in [9.17, 15) is 18.3 Å². The molecule has 0 saturated carbocycles. The number of nitrogens with one attached hydrogen (secondary N) is 1. The van der Waals surface area contributed by atoms with Crippen molar-refractivity contribution in [3.05, 3.63) is 72.6 Å². The van der Waals surface area contributed by atoms with Crippen molar-refractivity contribution in [2.24, 2.45) is 0 Å².